The van der Waals surface area contributed by atoms with Gasteiger partial charge < -0.3 is 15.0 Å². The van der Waals surface area contributed by atoms with Crippen LogP contribution in [0.5, 0.6) is 0 Å². The van der Waals surface area contributed by atoms with Crippen LogP contribution in [0.3, 0.4) is 0 Å². The highest BCUT2D eigenvalue weighted by Crippen LogP contribution is 2.21. The Kier molecular flexibility index (Phi) is 5.50. The second-order valence-electron chi connectivity index (χ2n) is 5.30. The largest absolute Gasteiger partial charge is 0.380 e. The Balaban J connectivity index is 2.14. The first-order valence-electron chi connectivity index (χ1n) is 7.10. The summed E-state index contributed by atoms with van der Waals surface area (Å²) in [6.07, 6.45) is 3.78. The van der Waals surface area contributed by atoms with Crippen molar-refractivity contribution in [2.75, 3.05) is 20.7 Å². The number of nitrogens with two attached hydrogens (primary N) is 1. The molecule has 2 aromatic rings. The van der Waals surface area contributed by atoms with Gasteiger partial charge in [-0.15, -0.1) is 0 Å². The van der Waals surface area contributed by atoms with Gasteiger partial charge in [0.25, 0.3) is 0 Å². The fraction of sp³-hybridized carbons (Fsp3) is 0.438. The molecule has 1 unspecified atom stereocenters. The van der Waals surface area contributed by atoms with Crippen molar-refractivity contribution in [3.8, 4) is 0 Å². The topological polar surface area (TPSA) is 56.3 Å². The Labute approximate surface area is 126 Å². The summed E-state index contributed by atoms with van der Waals surface area (Å²) in [5, 5.41) is 0. The minimum Gasteiger partial charge on any atom is -0.380 e. The van der Waals surface area contributed by atoms with E-state index < -0.39 is 0 Å². The maximum absolute atomic E-state index is 6.00. The number of hydrogen-bond acceptors (Lipinski definition) is 4. The Bertz CT molecular complexity index is 567. The molecule has 5 heteroatoms. The van der Waals surface area contributed by atoms with E-state index in [-0.39, 0.29) is 6.04 Å². The first-order valence-corrected chi connectivity index (χ1v) is 7.10. The molecule has 1 aromatic carbocycles. The van der Waals surface area contributed by atoms with Crippen LogP contribution in [-0.4, -0.2) is 35.2 Å². The highest BCUT2D eigenvalue weighted by molar-refractivity contribution is 5.26. The predicted molar refractivity (Wildman–Crippen MR) is 83.6 cm³/mol. The minimum absolute atomic E-state index is 0.165. The number of aryl methyl sites for hydroxylation is 1. The van der Waals surface area contributed by atoms with Gasteiger partial charge in [0.1, 0.15) is 5.82 Å². The first-order chi connectivity index (χ1) is 10.2. The van der Waals surface area contributed by atoms with E-state index in [9.17, 15) is 0 Å². The van der Waals surface area contributed by atoms with E-state index in [1.165, 1.54) is 11.1 Å². The number of rotatable bonds is 7. The van der Waals surface area contributed by atoms with E-state index in [1.807, 2.05) is 24.0 Å². The monoisotopic (exact) mass is 288 g/mol. The number of ether oxygens (including phenoxy) is 1. The van der Waals surface area contributed by atoms with Crippen molar-refractivity contribution < 1.29 is 4.74 Å². The SMILES string of the molecule is COCc1cccc(C(CN)N(C)Cc2nccn2C)c1. The Hall–Kier alpha value is -1.69. The third-order valence-electron chi connectivity index (χ3n) is 3.71. The van der Waals surface area contributed by atoms with E-state index >= 15 is 0 Å². The van der Waals surface area contributed by atoms with E-state index in [0.29, 0.717) is 13.2 Å². The second-order valence-corrected chi connectivity index (χ2v) is 5.30. The number of aromatic nitrogens is 2. The summed E-state index contributed by atoms with van der Waals surface area (Å²) < 4.78 is 7.23. The number of likely N-dealkylation sites (N-methyl/N-ethyl adjacent to an activating group) is 1. The van der Waals surface area contributed by atoms with Gasteiger partial charge in [0.05, 0.1) is 13.2 Å². The van der Waals surface area contributed by atoms with Gasteiger partial charge in [0, 0.05) is 39.1 Å². The minimum atomic E-state index is 0.165. The third kappa shape index (κ3) is 3.91. The second kappa shape index (κ2) is 7.36. The Morgan fingerprint density at radius 3 is 2.86 bits per heavy atom. The van der Waals surface area contributed by atoms with Crippen molar-refractivity contribution in [3.63, 3.8) is 0 Å². The van der Waals surface area contributed by atoms with Crippen molar-refractivity contribution in [1.29, 1.82) is 0 Å². The van der Waals surface area contributed by atoms with Crippen LogP contribution in [0.1, 0.15) is 23.0 Å². The van der Waals surface area contributed by atoms with Crippen molar-refractivity contribution in [2.45, 2.75) is 19.2 Å². The quantitative estimate of drug-likeness (QED) is 0.842. The van der Waals surface area contributed by atoms with Gasteiger partial charge in [-0.05, 0) is 18.2 Å². The van der Waals surface area contributed by atoms with Crippen LogP contribution < -0.4 is 5.73 Å². The van der Waals surface area contributed by atoms with Gasteiger partial charge in [-0.1, -0.05) is 24.3 Å². The van der Waals surface area contributed by atoms with Gasteiger partial charge in [-0.2, -0.15) is 0 Å². The van der Waals surface area contributed by atoms with Crippen molar-refractivity contribution >= 4 is 0 Å². The lowest BCUT2D eigenvalue weighted by Crippen LogP contribution is -2.31. The van der Waals surface area contributed by atoms with E-state index in [4.69, 9.17) is 10.5 Å². The molecule has 0 fully saturated rings. The van der Waals surface area contributed by atoms with Crippen LogP contribution in [0.2, 0.25) is 0 Å². The fourth-order valence-electron chi connectivity index (χ4n) is 2.51. The molecule has 1 heterocycles. The van der Waals surface area contributed by atoms with Gasteiger partial charge in [0.2, 0.25) is 0 Å². The van der Waals surface area contributed by atoms with E-state index in [2.05, 4.69) is 41.2 Å². The van der Waals surface area contributed by atoms with E-state index in [0.717, 1.165) is 12.4 Å². The molecule has 114 valence electrons. The lowest BCUT2D eigenvalue weighted by Gasteiger charge is -2.27. The molecular formula is C16H24N4O. The molecule has 0 saturated carbocycles. The first kappa shape index (κ1) is 15.7. The normalized spacial score (nSPS) is 12.8. The van der Waals surface area contributed by atoms with Crippen molar-refractivity contribution in [3.05, 3.63) is 53.6 Å². The molecule has 0 aliphatic carbocycles. The summed E-state index contributed by atoms with van der Waals surface area (Å²) in [6.45, 7) is 1.95. The Morgan fingerprint density at radius 1 is 1.43 bits per heavy atom. The zero-order chi connectivity index (χ0) is 15.2. The summed E-state index contributed by atoms with van der Waals surface area (Å²) >= 11 is 0. The summed E-state index contributed by atoms with van der Waals surface area (Å²) in [7, 11) is 5.79. The number of benzene rings is 1. The molecule has 1 atom stereocenters. The van der Waals surface area contributed by atoms with Gasteiger partial charge in [0.15, 0.2) is 0 Å². The molecule has 0 radical (unpaired) electrons. The maximum atomic E-state index is 6.00. The third-order valence-corrected chi connectivity index (χ3v) is 3.71. The molecule has 0 spiro atoms. The number of methoxy groups -OCH3 is 1. The fourth-order valence-corrected chi connectivity index (χ4v) is 2.51. The predicted octanol–water partition coefficient (Wildman–Crippen LogP) is 1.70. The molecule has 2 N–H and O–H groups in total. The summed E-state index contributed by atoms with van der Waals surface area (Å²) in [5.74, 6) is 1.03. The van der Waals surface area contributed by atoms with Crippen LogP contribution in [-0.2, 0) is 24.9 Å². The number of nitrogens with zero attached hydrogens (tertiary/aromatic N) is 3. The standard InChI is InChI=1S/C16H24N4O/c1-19-8-7-18-16(19)11-20(2)15(10-17)14-6-4-5-13(9-14)12-21-3/h4-9,15H,10-12,17H2,1-3H3. The Morgan fingerprint density at radius 2 is 2.24 bits per heavy atom. The van der Waals surface area contributed by atoms with Crippen molar-refractivity contribution in [2.24, 2.45) is 12.8 Å². The van der Waals surface area contributed by atoms with Crippen LogP contribution in [0.4, 0.5) is 0 Å². The number of imidazole rings is 1. The molecule has 0 bridgehead atoms. The molecule has 0 aliphatic heterocycles. The zero-order valence-corrected chi connectivity index (χ0v) is 13.0. The van der Waals surface area contributed by atoms with Gasteiger partial charge in [-0.3, -0.25) is 4.90 Å². The molecule has 0 aliphatic rings. The smallest absolute Gasteiger partial charge is 0.122 e. The molecule has 21 heavy (non-hydrogen) atoms. The van der Waals surface area contributed by atoms with Crippen LogP contribution in [0.15, 0.2) is 36.7 Å². The molecule has 5 nitrogen and oxygen atoms in total. The molecular weight excluding hydrogens is 264 g/mol. The molecule has 1 aromatic heterocycles. The van der Waals surface area contributed by atoms with Crippen LogP contribution in [0.25, 0.3) is 0 Å². The lowest BCUT2D eigenvalue weighted by molar-refractivity contribution is 0.184. The summed E-state index contributed by atoms with van der Waals surface area (Å²) in [4.78, 5) is 6.60. The van der Waals surface area contributed by atoms with Crippen LogP contribution >= 0.6 is 0 Å². The van der Waals surface area contributed by atoms with Crippen molar-refractivity contribution in [1.82, 2.24) is 14.5 Å². The molecule has 2 rings (SSSR count). The molecule has 0 amide bonds. The zero-order valence-electron chi connectivity index (χ0n) is 13.0. The highest BCUT2D eigenvalue weighted by Gasteiger charge is 2.17. The highest BCUT2D eigenvalue weighted by atomic mass is 16.5. The lowest BCUT2D eigenvalue weighted by atomic mass is 10.0. The molecule has 0 saturated heterocycles. The average molecular weight is 288 g/mol. The average Bonchev–Trinajstić information content (AvgIpc) is 2.86. The van der Waals surface area contributed by atoms with E-state index in [1.54, 1.807) is 7.11 Å². The number of hydrogen-bond donors (Lipinski definition) is 1. The van der Waals surface area contributed by atoms with Gasteiger partial charge >= 0.3 is 0 Å². The maximum Gasteiger partial charge on any atom is 0.122 e. The van der Waals surface area contributed by atoms with Gasteiger partial charge in [-0.25, -0.2) is 4.98 Å². The summed E-state index contributed by atoms with van der Waals surface area (Å²) in [6, 6.07) is 8.57. The van der Waals surface area contributed by atoms with Crippen LogP contribution in [0, 0.1) is 0 Å². The summed E-state index contributed by atoms with van der Waals surface area (Å²) in [5.41, 5.74) is 8.37.